The van der Waals surface area contributed by atoms with Crippen molar-refractivity contribution in [1.29, 1.82) is 0 Å². The van der Waals surface area contributed by atoms with Crippen LogP contribution in [0.25, 0.3) is 104 Å². The third kappa shape index (κ3) is 5.47. The van der Waals surface area contributed by atoms with Gasteiger partial charge < -0.3 is 9.47 Å². The van der Waals surface area contributed by atoms with E-state index < -0.39 is 5.41 Å². The summed E-state index contributed by atoms with van der Waals surface area (Å²) in [4.78, 5) is 2.61. The molecule has 14 aromatic rings. The number of hydrogen-bond donors (Lipinski definition) is 0. The Labute approximate surface area is 422 Å². The van der Waals surface area contributed by atoms with Gasteiger partial charge in [0.1, 0.15) is 0 Å². The quantitative estimate of drug-likeness (QED) is 0.156. The van der Waals surface area contributed by atoms with Crippen molar-refractivity contribution in [2.24, 2.45) is 0 Å². The van der Waals surface area contributed by atoms with Gasteiger partial charge in [0.15, 0.2) is 0 Å². The van der Waals surface area contributed by atoms with Gasteiger partial charge in [-0.2, -0.15) is 0 Å². The number of nitrogens with zero attached hydrogens (tertiary/aromatic N) is 2. The van der Waals surface area contributed by atoms with E-state index in [0.29, 0.717) is 0 Å². The lowest BCUT2D eigenvalue weighted by atomic mass is 9.70. The first kappa shape index (κ1) is 40.3. The zero-order valence-corrected chi connectivity index (χ0v) is 39.8. The molecule has 0 unspecified atom stereocenters. The predicted molar refractivity (Wildman–Crippen MR) is 307 cm³/mol. The summed E-state index contributed by atoms with van der Waals surface area (Å²) in [6.45, 7) is 0. The lowest BCUT2D eigenvalue weighted by Gasteiger charge is -2.34. The molecule has 0 radical (unpaired) electrons. The molecule has 0 N–H and O–H groups in total. The van der Waals surface area contributed by atoms with Gasteiger partial charge in [-0.05, 0) is 142 Å². The maximum Gasteiger partial charge on any atom is 0.0782 e. The second kappa shape index (κ2) is 15.3. The molecule has 0 fully saturated rings. The Bertz CT molecular complexity index is 4540. The molecule has 16 rings (SSSR count). The van der Waals surface area contributed by atoms with E-state index in [0.717, 1.165) is 33.8 Å². The van der Waals surface area contributed by atoms with Crippen molar-refractivity contribution >= 4 is 82.0 Å². The van der Waals surface area contributed by atoms with Gasteiger partial charge in [0.05, 0.1) is 27.8 Å². The zero-order chi connectivity index (χ0) is 47.8. The number of rotatable bonds is 5. The maximum atomic E-state index is 2.61. The van der Waals surface area contributed by atoms with Crippen LogP contribution in [0.5, 0.6) is 0 Å². The monoisotopic (exact) mass is 924 g/mol. The van der Waals surface area contributed by atoms with E-state index in [4.69, 9.17) is 0 Å². The standard InChI is InChI=1S/C71H44N2/c1-3-20-45(21-4-1)59-43-61-57-32-15-18-36-64(57)71(62-34-16-13-30-55(62)56-31-14-17-35-63(56)71)65(61)44-68(59)72(48-39-40-54-52-28-10-9-26-50(52)51-27-11-12-29-53(51)60(54)42-48)67-37-19-33-58-69-49-25-8-7-22-46(49)38-41-66(69)73(70(58)67)47-23-5-2-6-24-47/h1-44H. The van der Waals surface area contributed by atoms with Crippen molar-refractivity contribution in [2.45, 2.75) is 5.41 Å². The second-order valence-corrected chi connectivity index (χ2v) is 19.8. The van der Waals surface area contributed by atoms with Gasteiger partial charge in [0, 0.05) is 27.7 Å². The molecule has 0 saturated carbocycles. The highest BCUT2D eigenvalue weighted by Gasteiger charge is 2.52. The maximum absolute atomic E-state index is 2.61. The predicted octanol–water partition coefficient (Wildman–Crippen LogP) is 18.9. The summed E-state index contributed by atoms with van der Waals surface area (Å²) in [5.74, 6) is 0. The van der Waals surface area contributed by atoms with E-state index in [2.05, 4.69) is 276 Å². The normalized spacial score (nSPS) is 13.0. The van der Waals surface area contributed by atoms with Crippen LogP contribution in [0.2, 0.25) is 0 Å². The highest BCUT2D eigenvalue weighted by Crippen LogP contribution is 2.64. The fraction of sp³-hybridized carbons (Fsp3) is 0.0141. The third-order valence-electron chi connectivity index (χ3n) is 16.3. The van der Waals surface area contributed by atoms with E-state index in [9.17, 15) is 0 Å². The lowest BCUT2D eigenvalue weighted by molar-refractivity contribution is 0.794. The molecule has 1 heterocycles. The van der Waals surface area contributed by atoms with Crippen LogP contribution in [-0.4, -0.2) is 4.57 Å². The smallest absolute Gasteiger partial charge is 0.0782 e. The molecule has 0 atom stereocenters. The van der Waals surface area contributed by atoms with Crippen molar-refractivity contribution in [1.82, 2.24) is 4.57 Å². The SMILES string of the molecule is c1ccc(-c2cc3c(cc2N(c2ccc4c5ccccc5c5ccccc5c4c2)c2cccc4c5c6ccccc6ccc5n(-c5ccccc5)c24)C2(c4ccccc4-c4ccccc42)c2ccccc2-3)cc1. The number of anilines is 3. The summed E-state index contributed by atoms with van der Waals surface area (Å²) in [5, 5.41) is 12.4. The molecule has 2 nitrogen and oxygen atoms in total. The van der Waals surface area contributed by atoms with Crippen LogP contribution in [0.3, 0.4) is 0 Å². The molecule has 0 bridgehead atoms. The van der Waals surface area contributed by atoms with Crippen molar-refractivity contribution in [3.63, 3.8) is 0 Å². The van der Waals surface area contributed by atoms with Crippen LogP contribution in [0.15, 0.2) is 267 Å². The van der Waals surface area contributed by atoms with E-state index in [1.807, 2.05) is 0 Å². The van der Waals surface area contributed by atoms with E-state index in [1.54, 1.807) is 0 Å². The van der Waals surface area contributed by atoms with Gasteiger partial charge in [-0.25, -0.2) is 0 Å². The summed E-state index contributed by atoms with van der Waals surface area (Å²) in [5.41, 5.74) is 18.9. The van der Waals surface area contributed by atoms with Gasteiger partial charge in [0.2, 0.25) is 0 Å². The van der Waals surface area contributed by atoms with Gasteiger partial charge in [0.25, 0.3) is 0 Å². The Morgan fingerprint density at radius 3 is 1.48 bits per heavy atom. The summed E-state index contributed by atoms with van der Waals surface area (Å²) >= 11 is 0. The molecular weight excluding hydrogens is 881 g/mol. The molecule has 1 spiro atoms. The average Bonchev–Trinajstić information content (AvgIpc) is 4.08. The first-order chi connectivity index (χ1) is 36.3. The van der Waals surface area contributed by atoms with Crippen molar-refractivity contribution < 1.29 is 0 Å². The molecule has 2 aliphatic carbocycles. The van der Waals surface area contributed by atoms with E-state index >= 15 is 0 Å². The fourth-order valence-corrected chi connectivity index (χ4v) is 13.4. The Kier molecular flexibility index (Phi) is 8.41. The molecule has 0 amide bonds. The average molecular weight is 925 g/mol. The first-order valence-electron chi connectivity index (χ1n) is 25.4. The van der Waals surface area contributed by atoms with Gasteiger partial charge in [-0.15, -0.1) is 0 Å². The Morgan fingerprint density at radius 1 is 0.301 bits per heavy atom. The minimum Gasteiger partial charge on any atom is -0.308 e. The zero-order valence-electron chi connectivity index (χ0n) is 39.8. The minimum atomic E-state index is -0.545. The van der Waals surface area contributed by atoms with Gasteiger partial charge in [-0.3, -0.25) is 0 Å². The molecule has 338 valence electrons. The molecule has 0 saturated heterocycles. The Morgan fingerprint density at radius 2 is 0.822 bits per heavy atom. The number of para-hydroxylation sites is 2. The number of benzene rings is 13. The third-order valence-corrected chi connectivity index (χ3v) is 16.3. The van der Waals surface area contributed by atoms with E-state index in [1.165, 1.54) is 109 Å². The summed E-state index contributed by atoms with van der Waals surface area (Å²) < 4.78 is 2.51. The van der Waals surface area contributed by atoms with E-state index in [-0.39, 0.29) is 0 Å². The van der Waals surface area contributed by atoms with Gasteiger partial charge in [-0.1, -0.05) is 218 Å². The molecular formula is C71H44N2. The molecule has 2 aliphatic rings. The summed E-state index contributed by atoms with van der Waals surface area (Å²) in [6.07, 6.45) is 0. The van der Waals surface area contributed by atoms with Crippen LogP contribution >= 0.6 is 0 Å². The van der Waals surface area contributed by atoms with Crippen LogP contribution in [-0.2, 0) is 5.41 Å². The Hall–Kier alpha value is -9.50. The molecule has 1 aromatic heterocycles. The van der Waals surface area contributed by atoms with Crippen LogP contribution in [0.1, 0.15) is 22.3 Å². The van der Waals surface area contributed by atoms with Crippen LogP contribution < -0.4 is 4.90 Å². The summed E-state index contributed by atoms with van der Waals surface area (Å²) in [7, 11) is 0. The number of fused-ring (bicyclic) bond motifs is 21. The lowest BCUT2D eigenvalue weighted by Crippen LogP contribution is -2.26. The minimum absolute atomic E-state index is 0.545. The molecule has 2 heteroatoms. The van der Waals surface area contributed by atoms with Gasteiger partial charge >= 0.3 is 0 Å². The molecule has 13 aromatic carbocycles. The van der Waals surface area contributed by atoms with Crippen molar-refractivity contribution in [3.05, 3.63) is 289 Å². The van der Waals surface area contributed by atoms with Crippen LogP contribution in [0.4, 0.5) is 17.1 Å². The number of aromatic nitrogens is 1. The largest absolute Gasteiger partial charge is 0.308 e. The molecule has 73 heavy (non-hydrogen) atoms. The summed E-state index contributed by atoms with van der Waals surface area (Å²) in [6, 6.07) is 100. The fourth-order valence-electron chi connectivity index (χ4n) is 13.4. The highest BCUT2D eigenvalue weighted by atomic mass is 15.2. The number of hydrogen-bond acceptors (Lipinski definition) is 1. The highest BCUT2D eigenvalue weighted by molar-refractivity contribution is 6.27. The van der Waals surface area contributed by atoms with Crippen molar-refractivity contribution in [3.8, 4) is 39.1 Å². The van der Waals surface area contributed by atoms with Crippen molar-refractivity contribution in [2.75, 3.05) is 4.90 Å². The topological polar surface area (TPSA) is 8.17 Å². The second-order valence-electron chi connectivity index (χ2n) is 19.8. The Balaban J connectivity index is 1.10. The first-order valence-corrected chi connectivity index (χ1v) is 25.4. The van der Waals surface area contributed by atoms with Crippen LogP contribution in [0, 0.1) is 0 Å². The molecule has 0 aliphatic heterocycles.